The SMILES string of the molecule is COCc1nc2n(n1)CCC[C@@H]2NC(=O)N[C@@H](C)C(C)(C)C. The molecule has 7 nitrogen and oxygen atoms in total. The van der Waals surface area contributed by atoms with Crippen molar-refractivity contribution in [2.45, 2.75) is 65.8 Å². The van der Waals surface area contributed by atoms with Crippen LogP contribution in [0.4, 0.5) is 4.79 Å². The van der Waals surface area contributed by atoms with Gasteiger partial charge in [-0.2, -0.15) is 5.10 Å². The van der Waals surface area contributed by atoms with Gasteiger partial charge in [0.2, 0.25) is 0 Å². The van der Waals surface area contributed by atoms with Crippen molar-refractivity contribution < 1.29 is 9.53 Å². The molecule has 22 heavy (non-hydrogen) atoms. The average molecular weight is 309 g/mol. The minimum absolute atomic E-state index is 0.0234. The highest BCUT2D eigenvalue weighted by atomic mass is 16.5. The fraction of sp³-hybridized carbons (Fsp3) is 0.800. The third-order valence-corrected chi connectivity index (χ3v) is 4.14. The quantitative estimate of drug-likeness (QED) is 0.891. The van der Waals surface area contributed by atoms with Crippen molar-refractivity contribution in [1.29, 1.82) is 0 Å². The van der Waals surface area contributed by atoms with E-state index >= 15 is 0 Å². The maximum absolute atomic E-state index is 12.2. The standard InChI is InChI=1S/C15H27N5O2/c1-10(15(2,3)4)16-14(21)17-11-7-6-8-20-13(11)18-12(19-20)9-22-5/h10-11H,6-9H2,1-5H3,(H2,16,17,21)/t10-,11-/m0/s1. The van der Waals surface area contributed by atoms with Gasteiger partial charge < -0.3 is 15.4 Å². The molecule has 1 aliphatic heterocycles. The highest BCUT2D eigenvalue weighted by Crippen LogP contribution is 2.23. The lowest BCUT2D eigenvalue weighted by molar-refractivity contribution is 0.177. The number of carbonyl (C=O) groups is 1. The Balaban J connectivity index is 2.01. The van der Waals surface area contributed by atoms with E-state index in [0.29, 0.717) is 12.4 Å². The molecule has 124 valence electrons. The fourth-order valence-electron chi connectivity index (χ4n) is 2.34. The summed E-state index contributed by atoms with van der Waals surface area (Å²) in [5.74, 6) is 1.48. The molecule has 0 unspecified atom stereocenters. The second kappa shape index (κ2) is 6.64. The van der Waals surface area contributed by atoms with E-state index < -0.39 is 0 Å². The lowest BCUT2D eigenvalue weighted by atomic mass is 9.88. The van der Waals surface area contributed by atoms with Gasteiger partial charge in [0.15, 0.2) is 5.82 Å². The number of ether oxygens (including phenoxy) is 1. The molecule has 0 aromatic carbocycles. The van der Waals surface area contributed by atoms with Gasteiger partial charge in [-0.3, -0.25) is 0 Å². The molecule has 2 amide bonds. The first kappa shape index (κ1) is 16.7. The van der Waals surface area contributed by atoms with Crippen LogP contribution in [0.15, 0.2) is 0 Å². The molecule has 0 saturated heterocycles. The van der Waals surface area contributed by atoms with Crippen LogP contribution < -0.4 is 10.6 Å². The number of hydrogen-bond acceptors (Lipinski definition) is 4. The van der Waals surface area contributed by atoms with Gasteiger partial charge in [0.25, 0.3) is 0 Å². The Bertz CT molecular complexity index is 520. The fourth-order valence-corrected chi connectivity index (χ4v) is 2.34. The third kappa shape index (κ3) is 3.97. The number of methoxy groups -OCH3 is 1. The van der Waals surface area contributed by atoms with Crippen molar-refractivity contribution in [3.63, 3.8) is 0 Å². The smallest absolute Gasteiger partial charge is 0.315 e. The van der Waals surface area contributed by atoms with Gasteiger partial charge in [-0.05, 0) is 25.2 Å². The van der Waals surface area contributed by atoms with E-state index in [9.17, 15) is 4.79 Å². The minimum atomic E-state index is -0.155. The van der Waals surface area contributed by atoms with E-state index in [1.54, 1.807) is 7.11 Å². The van der Waals surface area contributed by atoms with Crippen LogP contribution in [-0.4, -0.2) is 33.9 Å². The van der Waals surface area contributed by atoms with Crippen LogP contribution in [0, 0.1) is 5.41 Å². The van der Waals surface area contributed by atoms with Crippen molar-refractivity contribution in [2.75, 3.05) is 7.11 Å². The molecule has 0 saturated carbocycles. The summed E-state index contributed by atoms with van der Waals surface area (Å²) in [6.07, 6.45) is 1.85. The molecule has 1 aromatic heterocycles. The van der Waals surface area contributed by atoms with Crippen molar-refractivity contribution in [2.24, 2.45) is 5.41 Å². The first-order valence-electron chi connectivity index (χ1n) is 7.81. The van der Waals surface area contributed by atoms with Crippen LogP contribution in [0.2, 0.25) is 0 Å². The Morgan fingerprint density at radius 3 is 2.86 bits per heavy atom. The summed E-state index contributed by atoms with van der Waals surface area (Å²) >= 11 is 0. The van der Waals surface area contributed by atoms with E-state index in [0.717, 1.165) is 25.2 Å². The Kier molecular flexibility index (Phi) is 5.05. The zero-order valence-electron chi connectivity index (χ0n) is 14.1. The maximum Gasteiger partial charge on any atom is 0.315 e. The van der Waals surface area contributed by atoms with E-state index in [-0.39, 0.29) is 23.5 Å². The molecule has 2 rings (SSSR count). The lowest BCUT2D eigenvalue weighted by Crippen LogP contribution is -2.48. The van der Waals surface area contributed by atoms with Crippen LogP contribution in [-0.2, 0) is 17.9 Å². The highest BCUT2D eigenvalue weighted by molar-refractivity contribution is 5.74. The molecular formula is C15H27N5O2. The zero-order valence-corrected chi connectivity index (χ0v) is 14.1. The number of nitrogens with zero attached hydrogens (tertiary/aromatic N) is 3. The van der Waals surface area contributed by atoms with Crippen molar-refractivity contribution >= 4 is 6.03 Å². The van der Waals surface area contributed by atoms with Gasteiger partial charge in [0.05, 0.1) is 6.04 Å². The Morgan fingerprint density at radius 1 is 1.50 bits per heavy atom. The van der Waals surface area contributed by atoms with Crippen LogP contribution in [0.1, 0.15) is 58.2 Å². The van der Waals surface area contributed by atoms with Crippen LogP contribution in [0.5, 0.6) is 0 Å². The van der Waals surface area contributed by atoms with Gasteiger partial charge in [0, 0.05) is 19.7 Å². The Hall–Kier alpha value is -1.63. The van der Waals surface area contributed by atoms with E-state index in [1.807, 2.05) is 11.6 Å². The molecule has 0 spiro atoms. The van der Waals surface area contributed by atoms with Gasteiger partial charge in [-0.25, -0.2) is 14.5 Å². The second-order valence-electron chi connectivity index (χ2n) is 6.94. The number of rotatable bonds is 4. The zero-order chi connectivity index (χ0) is 16.3. The van der Waals surface area contributed by atoms with Gasteiger partial charge >= 0.3 is 6.03 Å². The molecule has 7 heteroatoms. The molecule has 0 bridgehead atoms. The van der Waals surface area contributed by atoms with E-state index in [1.165, 1.54) is 0 Å². The molecule has 1 aromatic rings. The van der Waals surface area contributed by atoms with Gasteiger partial charge in [0.1, 0.15) is 12.4 Å². The number of aromatic nitrogens is 3. The Morgan fingerprint density at radius 2 is 2.23 bits per heavy atom. The lowest BCUT2D eigenvalue weighted by Gasteiger charge is -2.29. The Labute approximate surface area is 131 Å². The van der Waals surface area contributed by atoms with Crippen LogP contribution in [0.3, 0.4) is 0 Å². The largest absolute Gasteiger partial charge is 0.377 e. The van der Waals surface area contributed by atoms with Gasteiger partial charge in [-0.15, -0.1) is 0 Å². The molecule has 0 aliphatic carbocycles. The molecule has 0 fully saturated rings. The van der Waals surface area contributed by atoms with E-state index in [4.69, 9.17) is 4.74 Å². The topological polar surface area (TPSA) is 81.1 Å². The normalized spacial score (nSPS) is 19.4. The first-order chi connectivity index (χ1) is 10.3. The second-order valence-corrected chi connectivity index (χ2v) is 6.94. The molecule has 0 radical (unpaired) electrons. The molecule has 2 N–H and O–H groups in total. The van der Waals surface area contributed by atoms with Crippen LogP contribution >= 0.6 is 0 Å². The van der Waals surface area contributed by atoms with Crippen LogP contribution in [0.25, 0.3) is 0 Å². The molecule has 2 atom stereocenters. The predicted octanol–water partition coefficient (Wildman–Crippen LogP) is 1.99. The molecule has 2 heterocycles. The minimum Gasteiger partial charge on any atom is -0.377 e. The van der Waals surface area contributed by atoms with Crippen molar-refractivity contribution in [1.82, 2.24) is 25.4 Å². The van der Waals surface area contributed by atoms with Crippen molar-refractivity contribution in [3.05, 3.63) is 11.6 Å². The summed E-state index contributed by atoms with van der Waals surface area (Å²) in [6.45, 7) is 9.55. The highest BCUT2D eigenvalue weighted by Gasteiger charge is 2.27. The predicted molar refractivity (Wildman–Crippen MR) is 83.3 cm³/mol. The summed E-state index contributed by atoms with van der Waals surface area (Å²) in [5.41, 5.74) is 0.0234. The molecular weight excluding hydrogens is 282 g/mol. The molecule has 1 aliphatic rings. The number of nitrogens with one attached hydrogen (secondary N) is 2. The summed E-state index contributed by atoms with van der Waals surface area (Å²) < 4.78 is 6.95. The number of carbonyl (C=O) groups excluding carboxylic acids is 1. The summed E-state index contributed by atoms with van der Waals surface area (Å²) in [7, 11) is 1.62. The third-order valence-electron chi connectivity index (χ3n) is 4.14. The number of fused-ring (bicyclic) bond motifs is 1. The number of hydrogen-bond donors (Lipinski definition) is 2. The number of aryl methyl sites for hydroxylation is 1. The maximum atomic E-state index is 12.2. The average Bonchev–Trinajstić information content (AvgIpc) is 2.81. The summed E-state index contributed by atoms with van der Waals surface area (Å²) in [4.78, 5) is 16.7. The van der Waals surface area contributed by atoms with E-state index in [2.05, 4.69) is 41.5 Å². The summed E-state index contributed by atoms with van der Waals surface area (Å²) in [6, 6.07) is -0.172. The van der Waals surface area contributed by atoms with Gasteiger partial charge in [-0.1, -0.05) is 20.8 Å². The first-order valence-corrected chi connectivity index (χ1v) is 7.81. The number of amides is 2. The number of urea groups is 1. The monoisotopic (exact) mass is 309 g/mol. The summed E-state index contributed by atoms with van der Waals surface area (Å²) in [5, 5.41) is 10.4. The van der Waals surface area contributed by atoms with Crippen molar-refractivity contribution in [3.8, 4) is 0 Å².